The van der Waals surface area contributed by atoms with E-state index < -0.39 is 59.8 Å². The van der Waals surface area contributed by atoms with Gasteiger partial charge in [0.05, 0.1) is 47.6 Å². The van der Waals surface area contributed by atoms with Gasteiger partial charge in [-0.3, -0.25) is 23.9 Å². The second-order valence-corrected chi connectivity index (χ2v) is 14.1. The third-order valence-electron chi connectivity index (χ3n) is 9.85. The van der Waals surface area contributed by atoms with Crippen molar-refractivity contribution in [3.05, 3.63) is 94.2 Å². The summed E-state index contributed by atoms with van der Waals surface area (Å²) in [6.45, 7) is 4.66. The van der Waals surface area contributed by atoms with Crippen LogP contribution in [0.1, 0.15) is 66.4 Å². The number of aromatic nitrogens is 8. The molecule has 18 nitrogen and oxygen atoms in total. The number of nitrogens with two attached hydrogens (primary N) is 2. The quantitative estimate of drug-likeness (QED) is 0.103. The molecule has 4 amide bonds. The van der Waals surface area contributed by atoms with E-state index in [4.69, 9.17) is 16.2 Å². The number of alkyl halides is 4. The van der Waals surface area contributed by atoms with Crippen molar-refractivity contribution < 1.29 is 46.6 Å². The van der Waals surface area contributed by atoms with E-state index in [0.29, 0.717) is 20.5 Å². The molecule has 0 radical (unpaired) electrons. The van der Waals surface area contributed by atoms with Gasteiger partial charge in [-0.05, 0) is 63.2 Å². The fourth-order valence-corrected chi connectivity index (χ4v) is 6.85. The number of nitrogens with zero attached hydrogens (tertiary/aromatic N) is 10. The van der Waals surface area contributed by atoms with Crippen LogP contribution < -0.4 is 27.4 Å². The first-order chi connectivity index (χ1) is 28.7. The molecule has 2 aromatic carbocycles. The van der Waals surface area contributed by atoms with Gasteiger partial charge in [0.1, 0.15) is 22.7 Å². The van der Waals surface area contributed by atoms with Crippen LogP contribution in [0.4, 0.5) is 17.6 Å². The highest BCUT2D eigenvalue weighted by atomic mass is 19.3. The second-order valence-electron chi connectivity index (χ2n) is 14.1. The molecule has 6 aromatic rings. The molecule has 4 heterocycles. The Balaban J connectivity index is 1.56. The molecule has 5 N–H and O–H groups in total. The predicted molar refractivity (Wildman–Crippen MR) is 212 cm³/mol. The summed E-state index contributed by atoms with van der Waals surface area (Å²) in [5.41, 5.74) is 10.2. The smallest absolute Gasteiger partial charge is 0.329 e. The van der Waals surface area contributed by atoms with E-state index in [1.54, 1.807) is 20.8 Å². The lowest BCUT2D eigenvalue weighted by Crippen LogP contribution is -2.49. The normalized spacial score (nSPS) is 12.8. The number of ether oxygens (including phenoxy) is 1. The number of imidazole rings is 2. The van der Waals surface area contributed by atoms with Crippen molar-refractivity contribution in [2.45, 2.75) is 58.7 Å². The molecule has 61 heavy (non-hydrogen) atoms. The van der Waals surface area contributed by atoms with Crippen molar-refractivity contribution in [1.29, 1.82) is 0 Å². The van der Waals surface area contributed by atoms with E-state index in [-0.39, 0.29) is 76.5 Å². The van der Waals surface area contributed by atoms with Crippen LogP contribution in [-0.4, -0.2) is 91.6 Å². The molecular weight excluding hydrogens is 808 g/mol. The highest BCUT2D eigenvalue weighted by Crippen LogP contribution is 2.39. The van der Waals surface area contributed by atoms with Gasteiger partial charge in [-0.25, -0.2) is 4.68 Å². The van der Waals surface area contributed by atoms with Gasteiger partial charge in [-0.15, -0.1) is 0 Å². The summed E-state index contributed by atoms with van der Waals surface area (Å²) in [6.07, 6.45) is 1.28. The Bertz CT molecular complexity index is 2910. The fraction of sp³-hybridized carbons (Fsp3) is 0.333. The number of carbonyl (C=O) groups excluding carboxylic acids is 4. The molecule has 0 saturated heterocycles. The Hall–Kier alpha value is -7.10. The largest absolute Gasteiger partial charge is 0.491 e. The van der Waals surface area contributed by atoms with Crippen LogP contribution in [0, 0.1) is 13.8 Å². The lowest BCUT2D eigenvalue weighted by Gasteiger charge is -2.28. The van der Waals surface area contributed by atoms with E-state index in [9.17, 15) is 24.3 Å². The molecule has 0 spiro atoms. The summed E-state index contributed by atoms with van der Waals surface area (Å²) < 4.78 is 79.0. The van der Waals surface area contributed by atoms with Gasteiger partial charge in [0.15, 0.2) is 0 Å². The van der Waals surface area contributed by atoms with E-state index in [1.165, 1.54) is 65.9 Å². The number of benzene rings is 2. The molecule has 6 rings (SSSR count). The summed E-state index contributed by atoms with van der Waals surface area (Å²) in [4.78, 5) is 59.9. The number of hydrogen-bond acceptors (Lipinski definition) is 8. The minimum Gasteiger partial charge on any atom is -0.491 e. The minimum atomic E-state index is -4.99. The van der Waals surface area contributed by atoms with Crippen molar-refractivity contribution in [3.63, 3.8) is 0 Å². The Morgan fingerprint density at radius 2 is 1.36 bits per heavy atom. The zero-order chi connectivity index (χ0) is 44.7. The van der Waals surface area contributed by atoms with Gasteiger partial charge in [0.25, 0.3) is 11.8 Å². The molecule has 0 unspecified atom stereocenters. The first kappa shape index (κ1) is 43.5. The molecule has 0 bridgehead atoms. The number of halogens is 4. The Morgan fingerprint density at radius 1 is 0.803 bits per heavy atom. The van der Waals surface area contributed by atoms with Crippen LogP contribution >= 0.6 is 0 Å². The van der Waals surface area contributed by atoms with Crippen molar-refractivity contribution >= 4 is 51.9 Å². The van der Waals surface area contributed by atoms with Gasteiger partial charge in [0.2, 0.25) is 23.1 Å². The number of primary amides is 2. The maximum atomic E-state index is 16.8. The topological polar surface area (TPSA) is 230 Å². The van der Waals surface area contributed by atoms with E-state index >= 15 is 17.6 Å². The monoisotopic (exact) mass is 850 g/mol. The zero-order valence-corrected chi connectivity index (χ0v) is 33.7. The Kier molecular flexibility index (Phi) is 11.8. The first-order valence-corrected chi connectivity index (χ1v) is 18.7. The number of carbonyl (C=O) groups is 4. The molecule has 322 valence electrons. The average molecular weight is 851 g/mol. The molecule has 0 aliphatic carbocycles. The van der Waals surface area contributed by atoms with Crippen LogP contribution in [0.15, 0.2) is 59.0 Å². The van der Waals surface area contributed by atoms with Gasteiger partial charge < -0.3 is 39.6 Å². The van der Waals surface area contributed by atoms with Crippen molar-refractivity contribution in [1.82, 2.24) is 37.8 Å². The van der Waals surface area contributed by atoms with Crippen LogP contribution in [0.5, 0.6) is 5.75 Å². The number of aliphatic hydroxyl groups is 1. The third-order valence-corrected chi connectivity index (χ3v) is 9.85. The lowest BCUT2D eigenvalue weighted by atomic mass is 10.1. The van der Waals surface area contributed by atoms with Crippen LogP contribution in [0.25, 0.3) is 28.3 Å². The Labute approximate surface area is 343 Å². The fourth-order valence-electron chi connectivity index (χ4n) is 6.85. The predicted octanol–water partition coefficient (Wildman–Crippen LogP) is 2.82. The molecule has 0 aliphatic heterocycles. The number of hydrogen-bond donors (Lipinski definition) is 3. The summed E-state index contributed by atoms with van der Waals surface area (Å²) in [6, 6.07) is 8.80. The maximum absolute atomic E-state index is 16.8. The Morgan fingerprint density at radius 3 is 1.97 bits per heavy atom. The number of fused-ring (bicyclic) bond motifs is 2. The summed E-state index contributed by atoms with van der Waals surface area (Å²) in [5.74, 6) is -13.9. The molecule has 0 aliphatic rings. The van der Waals surface area contributed by atoms with Gasteiger partial charge in [-0.1, -0.05) is 6.58 Å². The molecule has 0 fully saturated rings. The minimum absolute atomic E-state index is 0.0184. The standard InChI is InChI=1S/C39H42F4N12O6/c1-7-54-28(14-21(3)48-54)34(59)46-36-50(5)26-16-23(32(44)57)10-11-25(26)52(36)19-38(40,41)39(42,43)20-53-31-27(17-24(33(45)58)18-30(31)61-13-9-12-56)51(6)37(53)47-35(60)29-15-22(4)49-55(29)8-2/h7,10-11,14-18,56H,1,8-9,12-13,19-20H2,2-6H3,(H2,44,57)(H2,45,58). The van der Waals surface area contributed by atoms with Crippen molar-refractivity contribution in [2.75, 3.05) is 13.2 Å². The molecule has 0 saturated carbocycles. The second kappa shape index (κ2) is 16.5. The maximum Gasteiger partial charge on any atom is 0.329 e. The molecule has 4 aromatic heterocycles. The van der Waals surface area contributed by atoms with Crippen LogP contribution in [-0.2, 0) is 33.7 Å². The third kappa shape index (κ3) is 8.12. The van der Waals surface area contributed by atoms with Crippen molar-refractivity contribution in [3.8, 4) is 5.75 Å². The van der Waals surface area contributed by atoms with E-state index in [0.717, 1.165) is 15.3 Å². The lowest BCUT2D eigenvalue weighted by molar-refractivity contribution is -0.221. The molecule has 0 atom stereocenters. The van der Waals surface area contributed by atoms with Gasteiger partial charge in [0, 0.05) is 51.0 Å². The zero-order valence-electron chi connectivity index (χ0n) is 33.7. The summed E-state index contributed by atoms with van der Waals surface area (Å²) >= 11 is 0. The van der Waals surface area contributed by atoms with Crippen LogP contribution in [0.3, 0.4) is 0 Å². The van der Waals surface area contributed by atoms with Gasteiger partial charge >= 0.3 is 11.8 Å². The van der Waals surface area contributed by atoms with E-state index in [1.807, 2.05) is 0 Å². The first-order valence-electron chi connectivity index (χ1n) is 18.7. The number of rotatable bonds is 15. The highest BCUT2D eigenvalue weighted by Gasteiger charge is 2.57. The average Bonchev–Trinajstić information content (AvgIpc) is 3.92. The molecule has 22 heteroatoms. The number of aryl methyl sites for hydroxylation is 5. The highest BCUT2D eigenvalue weighted by molar-refractivity contribution is 5.99. The van der Waals surface area contributed by atoms with Gasteiger partial charge in [-0.2, -0.15) is 37.7 Å². The van der Waals surface area contributed by atoms with Crippen LogP contribution in [0.2, 0.25) is 0 Å². The molecular formula is C39H42F4N12O6. The van der Waals surface area contributed by atoms with E-state index in [2.05, 4.69) is 26.8 Å². The summed E-state index contributed by atoms with van der Waals surface area (Å²) in [5, 5.41) is 17.8. The van der Waals surface area contributed by atoms with Crippen molar-refractivity contribution in [2.24, 2.45) is 35.5 Å². The SMILES string of the molecule is C=Cn1nc(C)cc1C(=O)N=c1n(C)c2cc(C(N)=O)ccc2n1CC(F)(F)C(F)(F)Cn1c(=NC(=O)c2cc(C)nn2CC)n(C)c2cc(C(N)=O)cc(OCCCO)c21. The number of amides is 4. The number of aliphatic hydroxyl groups excluding tert-OH is 1. The summed E-state index contributed by atoms with van der Waals surface area (Å²) in [7, 11) is 2.66.